The van der Waals surface area contributed by atoms with Gasteiger partial charge in [0.2, 0.25) is 0 Å². The molecule has 0 amide bonds. The van der Waals surface area contributed by atoms with Crippen molar-refractivity contribution in [3.63, 3.8) is 0 Å². The van der Waals surface area contributed by atoms with Crippen LogP contribution in [0.25, 0.3) is 22.8 Å². The van der Waals surface area contributed by atoms with Crippen molar-refractivity contribution in [3.8, 4) is 22.8 Å². The van der Waals surface area contributed by atoms with Gasteiger partial charge in [-0.25, -0.2) is 15.0 Å². The number of nitrogens with one attached hydrogen (secondary N) is 1. The Bertz CT molecular complexity index is 1120. The molecule has 0 spiro atoms. The fourth-order valence-corrected chi connectivity index (χ4v) is 3.48. The molecule has 30 heavy (non-hydrogen) atoms. The van der Waals surface area contributed by atoms with E-state index in [1.54, 1.807) is 30.6 Å². The molecule has 152 valence electrons. The van der Waals surface area contributed by atoms with E-state index in [1.165, 1.54) is 17.5 Å². The summed E-state index contributed by atoms with van der Waals surface area (Å²) >= 11 is 1.49. The van der Waals surface area contributed by atoms with Crippen LogP contribution in [0.3, 0.4) is 0 Å². The highest BCUT2D eigenvalue weighted by Gasteiger charge is 2.34. The summed E-state index contributed by atoms with van der Waals surface area (Å²) in [5, 5.41) is 5.75. The van der Waals surface area contributed by atoms with E-state index in [0.29, 0.717) is 13.0 Å². The molecule has 0 aromatic carbocycles. The summed E-state index contributed by atoms with van der Waals surface area (Å²) in [6, 6.07) is 9.55. The molecule has 0 atom stereocenters. The second-order valence-corrected chi connectivity index (χ2v) is 7.16. The minimum atomic E-state index is -4.59. The van der Waals surface area contributed by atoms with Gasteiger partial charge in [0.15, 0.2) is 11.5 Å². The Labute approximate surface area is 173 Å². The molecule has 0 aliphatic heterocycles. The molecule has 1 N–H and O–H groups in total. The highest BCUT2D eigenvalue weighted by molar-refractivity contribution is 7.09. The molecule has 0 aliphatic rings. The summed E-state index contributed by atoms with van der Waals surface area (Å²) in [5.41, 5.74) is 1.06. The fourth-order valence-electron chi connectivity index (χ4n) is 2.67. The maximum atomic E-state index is 13.3. The Kier molecular flexibility index (Phi) is 5.66. The van der Waals surface area contributed by atoms with Crippen molar-refractivity contribution in [1.82, 2.24) is 24.9 Å². The van der Waals surface area contributed by atoms with Crippen LogP contribution in [0.2, 0.25) is 0 Å². The second-order valence-electron chi connectivity index (χ2n) is 6.21. The molecule has 4 heterocycles. The Balaban J connectivity index is 1.49. The van der Waals surface area contributed by atoms with Gasteiger partial charge in [0.1, 0.15) is 11.5 Å². The summed E-state index contributed by atoms with van der Waals surface area (Å²) in [7, 11) is 0. The van der Waals surface area contributed by atoms with E-state index >= 15 is 0 Å². The SMILES string of the molecule is FC(F)(F)c1cc(NCCc2nc(-c3ccncc3)cs2)nc(-c2ccccn2)n1. The zero-order chi connectivity index (χ0) is 21.0. The number of pyridine rings is 2. The predicted molar refractivity (Wildman–Crippen MR) is 108 cm³/mol. The summed E-state index contributed by atoms with van der Waals surface area (Å²) in [6.07, 6.45) is 0.831. The van der Waals surface area contributed by atoms with Crippen LogP contribution in [0.4, 0.5) is 19.0 Å². The molecular weight excluding hydrogens is 413 g/mol. The smallest absolute Gasteiger partial charge is 0.370 e. The lowest BCUT2D eigenvalue weighted by Crippen LogP contribution is -2.13. The average molecular weight is 428 g/mol. The van der Waals surface area contributed by atoms with Crippen LogP contribution in [0.1, 0.15) is 10.7 Å². The first-order valence-electron chi connectivity index (χ1n) is 8.95. The van der Waals surface area contributed by atoms with E-state index in [0.717, 1.165) is 22.3 Å². The van der Waals surface area contributed by atoms with Crippen molar-refractivity contribution in [1.29, 1.82) is 0 Å². The van der Waals surface area contributed by atoms with E-state index in [4.69, 9.17) is 0 Å². The maximum Gasteiger partial charge on any atom is 0.433 e. The van der Waals surface area contributed by atoms with Crippen LogP contribution in [0.15, 0.2) is 60.4 Å². The fraction of sp³-hybridized carbons (Fsp3) is 0.150. The number of hydrogen-bond donors (Lipinski definition) is 1. The van der Waals surface area contributed by atoms with Crippen molar-refractivity contribution in [3.05, 3.63) is 71.1 Å². The molecule has 0 unspecified atom stereocenters. The van der Waals surface area contributed by atoms with Gasteiger partial charge in [0.05, 0.1) is 10.7 Å². The highest BCUT2D eigenvalue weighted by Crippen LogP contribution is 2.30. The van der Waals surface area contributed by atoms with E-state index in [9.17, 15) is 13.2 Å². The molecule has 4 aromatic heterocycles. The summed E-state index contributed by atoms with van der Waals surface area (Å²) in [6.45, 7) is 0.374. The van der Waals surface area contributed by atoms with Gasteiger partial charge in [-0.2, -0.15) is 13.2 Å². The van der Waals surface area contributed by atoms with Crippen LogP contribution < -0.4 is 5.32 Å². The molecule has 4 aromatic rings. The van der Waals surface area contributed by atoms with Crippen LogP contribution in [-0.4, -0.2) is 31.5 Å². The van der Waals surface area contributed by atoms with Crippen LogP contribution in [0, 0.1) is 0 Å². The molecule has 10 heteroatoms. The van der Waals surface area contributed by atoms with Crippen LogP contribution in [-0.2, 0) is 12.6 Å². The van der Waals surface area contributed by atoms with Crippen molar-refractivity contribution in [2.75, 3.05) is 11.9 Å². The Morgan fingerprint density at radius 3 is 2.50 bits per heavy atom. The number of thiazole rings is 1. The van der Waals surface area contributed by atoms with Gasteiger partial charge in [-0.15, -0.1) is 11.3 Å². The van der Waals surface area contributed by atoms with E-state index < -0.39 is 11.9 Å². The summed E-state index contributed by atoms with van der Waals surface area (Å²) < 4.78 is 39.8. The van der Waals surface area contributed by atoms with E-state index in [-0.39, 0.29) is 17.3 Å². The molecule has 0 fully saturated rings. The van der Waals surface area contributed by atoms with Gasteiger partial charge < -0.3 is 5.32 Å². The number of anilines is 1. The van der Waals surface area contributed by atoms with Crippen molar-refractivity contribution in [2.45, 2.75) is 12.6 Å². The normalized spacial score (nSPS) is 11.4. The average Bonchev–Trinajstić information content (AvgIpc) is 3.23. The van der Waals surface area contributed by atoms with Crippen LogP contribution in [0.5, 0.6) is 0 Å². The molecule has 6 nitrogen and oxygen atoms in total. The van der Waals surface area contributed by atoms with Gasteiger partial charge in [-0.1, -0.05) is 6.07 Å². The molecule has 0 bridgehead atoms. The number of hydrogen-bond acceptors (Lipinski definition) is 7. The summed E-state index contributed by atoms with van der Waals surface area (Å²) in [5.74, 6) is 0.00559. The second kappa shape index (κ2) is 8.54. The summed E-state index contributed by atoms with van der Waals surface area (Å²) in [4.78, 5) is 20.4. The van der Waals surface area contributed by atoms with Crippen molar-refractivity contribution < 1.29 is 13.2 Å². The maximum absolute atomic E-state index is 13.3. The molecule has 4 rings (SSSR count). The molecular formula is C20H15F3N6S. The van der Waals surface area contributed by atoms with Crippen molar-refractivity contribution in [2.24, 2.45) is 0 Å². The van der Waals surface area contributed by atoms with E-state index in [2.05, 4.69) is 30.2 Å². The Morgan fingerprint density at radius 1 is 0.933 bits per heavy atom. The number of alkyl halides is 3. The Hall–Kier alpha value is -3.40. The number of rotatable bonds is 6. The minimum Gasteiger partial charge on any atom is -0.370 e. The van der Waals surface area contributed by atoms with Crippen LogP contribution >= 0.6 is 11.3 Å². The lowest BCUT2D eigenvalue weighted by atomic mass is 10.2. The standard InChI is InChI=1S/C20H15F3N6S/c21-20(22,23)16-11-17(29-19(28-16)14-3-1-2-7-25-14)26-10-6-18-27-15(12-30-18)13-4-8-24-9-5-13/h1-5,7-9,11-12H,6,10H2,(H,26,28,29). The third-order valence-corrected chi connectivity index (χ3v) is 4.99. The monoisotopic (exact) mass is 428 g/mol. The number of halogens is 3. The predicted octanol–water partition coefficient (Wildman–Crippen LogP) is 4.73. The lowest BCUT2D eigenvalue weighted by Gasteiger charge is -2.11. The minimum absolute atomic E-state index is 0.0813. The lowest BCUT2D eigenvalue weighted by molar-refractivity contribution is -0.141. The molecule has 0 saturated heterocycles. The van der Waals surface area contributed by atoms with Gasteiger partial charge in [0.25, 0.3) is 0 Å². The highest BCUT2D eigenvalue weighted by atomic mass is 32.1. The van der Waals surface area contributed by atoms with E-state index in [1.807, 2.05) is 17.5 Å². The quantitative estimate of drug-likeness (QED) is 0.479. The van der Waals surface area contributed by atoms with Gasteiger partial charge in [-0.3, -0.25) is 9.97 Å². The van der Waals surface area contributed by atoms with Gasteiger partial charge >= 0.3 is 6.18 Å². The molecule has 0 aliphatic carbocycles. The topological polar surface area (TPSA) is 76.5 Å². The number of aromatic nitrogens is 5. The first-order valence-corrected chi connectivity index (χ1v) is 9.83. The van der Waals surface area contributed by atoms with Gasteiger partial charge in [0, 0.05) is 48.6 Å². The first-order chi connectivity index (χ1) is 14.5. The largest absolute Gasteiger partial charge is 0.433 e. The molecule has 0 radical (unpaired) electrons. The van der Waals surface area contributed by atoms with Gasteiger partial charge in [-0.05, 0) is 24.3 Å². The number of nitrogens with zero attached hydrogens (tertiary/aromatic N) is 5. The third-order valence-electron chi connectivity index (χ3n) is 4.08. The zero-order valence-corrected chi connectivity index (χ0v) is 16.3. The third kappa shape index (κ3) is 4.77. The zero-order valence-electron chi connectivity index (χ0n) is 15.5. The Morgan fingerprint density at radius 2 is 1.77 bits per heavy atom. The van der Waals surface area contributed by atoms with Crippen molar-refractivity contribution >= 4 is 17.2 Å². The molecule has 0 saturated carbocycles. The first kappa shape index (κ1) is 19.9.